The lowest BCUT2D eigenvalue weighted by Crippen LogP contribution is -2.40. The molecule has 0 aliphatic heterocycles. The van der Waals surface area contributed by atoms with Gasteiger partial charge in [-0.2, -0.15) is 9.20 Å². The van der Waals surface area contributed by atoms with Crippen molar-refractivity contribution in [3.05, 3.63) is 92.5 Å². The molecule has 3 heterocycles. The standard InChI is InChI=1S/C21H11Br2N5O6/c22-8-5-11-15(13(23)6-8)24-16-9-3-1-2-4-10(9)19(32)27(28(16)20(11)33)14(29)7-12-17(30)25-21(34)26-18(12)31/h1-6H,7H2,(H3,25,26,30,31,34). The van der Waals surface area contributed by atoms with E-state index in [1.54, 1.807) is 24.3 Å². The minimum absolute atomic E-state index is 0.0451. The third-order valence-corrected chi connectivity index (χ3v) is 6.31. The molecule has 13 heteroatoms. The number of aromatic amines is 2. The van der Waals surface area contributed by atoms with Gasteiger partial charge >= 0.3 is 5.69 Å². The summed E-state index contributed by atoms with van der Waals surface area (Å²) < 4.78 is 2.53. The highest BCUT2D eigenvalue weighted by atomic mass is 79.9. The summed E-state index contributed by atoms with van der Waals surface area (Å²) in [5.74, 6) is -1.81. The summed E-state index contributed by atoms with van der Waals surface area (Å²) >= 11 is 6.70. The molecule has 0 fully saturated rings. The summed E-state index contributed by atoms with van der Waals surface area (Å²) in [6, 6.07) is 9.57. The molecule has 3 aromatic heterocycles. The van der Waals surface area contributed by atoms with Crippen molar-refractivity contribution in [1.29, 1.82) is 0 Å². The number of carbonyl (C=O) groups excluding carboxylic acids is 1. The van der Waals surface area contributed by atoms with Gasteiger partial charge in [0.1, 0.15) is 0 Å². The van der Waals surface area contributed by atoms with Crippen molar-refractivity contribution < 1.29 is 9.90 Å². The number of aromatic hydroxyl groups is 1. The van der Waals surface area contributed by atoms with E-state index in [0.29, 0.717) is 24.5 Å². The molecule has 0 atom stereocenters. The molecule has 0 radical (unpaired) electrons. The molecule has 0 unspecified atom stereocenters. The quantitative estimate of drug-likeness (QED) is 0.209. The Bertz CT molecular complexity index is 1940. The second kappa shape index (κ2) is 7.88. The Kier molecular flexibility index (Phi) is 5.10. The topological polar surface area (TPSA) is 159 Å². The van der Waals surface area contributed by atoms with E-state index in [4.69, 9.17) is 0 Å². The van der Waals surface area contributed by atoms with Crippen LogP contribution in [0.3, 0.4) is 0 Å². The van der Waals surface area contributed by atoms with Gasteiger partial charge in [-0.05, 0) is 34.1 Å². The predicted molar refractivity (Wildman–Crippen MR) is 130 cm³/mol. The molecule has 34 heavy (non-hydrogen) atoms. The summed E-state index contributed by atoms with van der Waals surface area (Å²) in [5, 5.41) is 10.6. The predicted octanol–water partition coefficient (Wildman–Crippen LogP) is 1.65. The summed E-state index contributed by atoms with van der Waals surface area (Å²) in [7, 11) is 0. The van der Waals surface area contributed by atoms with Crippen LogP contribution in [-0.4, -0.2) is 35.2 Å². The number of aromatic nitrogens is 5. The highest BCUT2D eigenvalue weighted by molar-refractivity contribution is 9.11. The summed E-state index contributed by atoms with van der Waals surface area (Å²) in [5.41, 5.74) is -3.57. The maximum Gasteiger partial charge on any atom is 0.328 e. The molecule has 0 spiro atoms. The average Bonchev–Trinajstić information content (AvgIpc) is 2.78. The average molecular weight is 589 g/mol. The molecule has 170 valence electrons. The van der Waals surface area contributed by atoms with Crippen LogP contribution in [0.15, 0.2) is 64.5 Å². The van der Waals surface area contributed by atoms with Crippen LogP contribution in [0.5, 0.6) is 5.88 Å². The molecule has 2 aromatic carbocycles. The van der Waals surface area contributed by atoms with Crippen LogP contribution in [-0.2, 0) is 6.42 Å². The fraction of sp³-hybridized carbons (Fsp3) is 0.0476. The van der Waals surface area contributed by atoms with Crippen molar-refractivity contribution in [3.8, 4) is 5.88 Å². The van der Waals surface area contributed by atoms with E-state index in [-0.39, 0.29) is 16.4 Å². The minimum Gasteiger partial charge on any atom is -0.494 e. The summed E-state index contributed by atoms with van der Waals surface area (Å²) in [6.07, 6.45) is -0.780. The van der Waals surface area contributed by atoms with Crippen LogP contribution in [0.1, 0.15) is 10.4 Å². The fourth-order valence-corrected chi connectivity index (χ4v) is 5.06. The maximum atomic E-state index is 13.5. The number of hydrogen-bond acceptors (Lipinski definition) is 7. The van der Waals surface area contributed by atoms with E-state index in [1.165, 1.54) is 12.1 Å². The second-order valence-corrected chi connectivity index (χ2v) is 9.07. The number of carbonyl (C=O) groups is 1. The molecule has 5 aromatic rings. The van der Waals surface area contributed by atoms with Gasteiger partial charge in [-0.15, -0.1) is 0 Å². The highest BCUT2D eigenvalue weighted by Gasteiger charge is 2.23. The van der Waals surface area contributed by atoms with Crippen LogP contribution < -0.4 is 22.4 Å². The van der Waals surface area contributed by atoms with Crippen LogP contribution in [0.4, 0.5) is 0 Å². The SMILES string of the molecule is O=C(Cc1c(O)[nH]c(=O)[nH]c1=O)n1c(=O)c2ccccc2c2nc3c(Br)cc(Br)cc3c(=O)n21. The van der Waals surface area contributed by atoms with Gasteiger partial charge in [0.15, 0.2) is 5.65 Å². The van der Waals surface area contributed by atoms with Crippen molar-refractivity contribution in [2.75, 3.05) is 0 Å². The van der Waals surface area contributed by atoms with E-state index in [2.05, 4.69) is 36.8 Å². The fourth-order valence-electron chi connectivity index (χ4n) is 3.75. The Morgan fingerprint density at radius 2 is 1.68 bits per heavy atom. The van der Waals surface area contributed by atoms with E-state index in [1.807, 2.05) is 9.97 Å². The highest BCUT2D eigenvalue weighted by Crippen LogP contribution is 2.27. The first kappa shape index (κ1) is 22.0. The van der Waals surface area contributed by atoms with Crippen molar-refractivity contribution in [1.82, 2.24) is 24.1 Å². The molecule has 0 saturated heterocycles. The number of fused-ring (bicyclic) bond motifs is 4. The van der Waals surface area contributed by atoms with Gasteiger partial charge in [-0.25, -0.2) is 9.78 Å². The Hall–Kier alpha value is -3.84. The van der Waals surface area contributed by atoms with Crippen LogP contribution in [0.2, 0.25) is 0 Å². The van der Waals surface area contributed by atoms with Gasteiger partial charge in [0.2, 0.25) is 5.88 Å². The zero-order chi connectivity index (χ0) is 24.3. The number of nitrogens with zero attached hydrogens (tertiary/aromatic N) is 3. The van der Waals surface area contributed by atoms with Gasteiger partial charge in [-0.3, -0.25) is 29.1 Å². The molecule has 0 bridgehead atoms. The number of halogens is 2. The van der Waals surface area contributed by atoms with Crippen molar-refractivity contribution in [2.45, 2.75) is 6.42 Å². The van der Waals surface area contributed by atoms with Crippen molar-refractivity contribution in [3.63, 3.8) is 0 Å². The number of H-pyrrole nitrogens is 2. The Balaban J connectivity index is 1.92. The largest absolute Gasteiger partial charge is 0.494 e. The van der Waals surface area contributed by atoms with E-state index >= 15 is 0 Å². The minimum atomic E-state index is -1.00. The molecule has 11 nitrogen and oxygen atoms in total. The normalized spacial score (nSPS) is 11.5. The molecule has 0 aliphatic rings. The third-order valence-electron chi connectivity index (χ3n) is 5.24. The van der Waals surface area contributed by atoms with Gasteiger partial charge in [0, 0.05) is 14.3 Å². The monoisotopic (exact) mass is 587 g/mol. The molecule has 0 aliphatic carbocycles. The van der Waals surface area contributed by atoms with E-state index < -0.39 is 46.1 Å². The first-order valence-corrected chi connectivity index (χ1v) is 11.2. The van der Waals surface area contributed by atoms with Crippen molar-refractivity contribution in [2.24, 2.45) is 0 Å². The zero-order valence-electron chi connectivity index (χ0n) is 16.8. The van der Waals surface area contributed by atoms with Crippen LogP contribution in [0, 0.1) is 0 Å². The van der Waals surface area contributed by atoms with Gasteiger partial charge < -0.3 is 5.11 Å². The second-order valence-electron chi connectivity index (χ2n) is 7.30. The number of hydrogen-bond donors (Lipinski definition) is 3. The first-order chi connectivity index (χ1) is 16.2. The molecule has 5 rings (SSSR count). The Labute approximate surface area is 203 Å². The number of benzene rings is 2. The Morgan fingerprint density at radius 3 is 2.38 bits per heavy atom. The van der Waals surface area contributed by atoms with E-state index in [9.17, 15) is 29.1 Å². The summed E-state index contributed by atoms with van der Waals surface area (Å²) in [4.78, 5) is 72.1. The summed E-state index contributed by atoms with van der Waals surface area (Å²) in [6.45, 7) is 0. The number of rotatable bonds is 2. The lowest BCUT2D eigenvalue weighted by Gasteiger charge is -2.14. The Morgan fingerprint density at radius 1 is 0.971 bits per heavy atom. The number of nitrogens with one attached hydrogen (secondary N) is 2. The maximum absolute atomic E-state index is 13.5. The van der Waals surface area contributed by atoms with Crippen LogP contribution in [0.25, 0.3) is 27.3 Å². The van der Waals surface area contributed by atoms with E-state index in [0.717, 1.165) is 4.52 Å². The van der Waals surface area contributed by atoms with Gasteiger partial charge in [0.25, 0.3) is 22.6 Å². The molecular formula is C21H11Br2N5O6. The third kappa shape index (κ3) is 3.31. The molecule has 3 N–H and O–H groups in total. The lowest BCUT2D eigenvalue weighted by molar-refractivity contribution is 0.0884. The molecular weight excluding hydrogens is 578 g/mol. The first-order valence-electron chi connectivity index (χ1n) is 9.60. The smallest absolute Gasteiger partial charge is 0.328 e. The molecule has 0 saturated carbocycles. The molecule has 0 amide bonds. The van der Waals surface area contributed by atoms with Gasteiger partial charge in [-0.1, -0.05) is 34.1 Å². The van der Waals surface area contributed by atoms with Gasteiger partial charge in [0.05, 0.1) is 28.3 Å². The van der Waals surface area contributed by atoms with Crippen molar-refractivity contribution >= 4 is 65.1 Å². The lowest BCUT2D eigenvalue weighted by atomic mass is 10.1. The zero-order valence-corrected chi connectivity index (χ0v) is 19.9. The van der Waals surface area contributed by atoms with Crippen LogP contribution >= 0.6 is 31.9 Å².